The van der Waals surface area contributed by atoms with Gasteiger partial charge in [0.1, 0.15) is 5.82 Å². The molecule has 1 spiro atoms. The highest BCUT2D eigenvalue weighted by Gasteiger charge is 2.48. The Balaban J connectivity index is 1.68. The molecular weight excluding hydrogens is 369 g/mol. The summed E-state index contributed by atoms with van der Waals surface area (Å²) >= 11 is 0. The lowest BCUT2D eigenvalue weighted by Crippen LogP contribution is -2.60. The molecule has 1 atom stereocenters. The molecule has 1 saturated carbocycles. The maximum Gasteiger partial charge on any atom is 0.193 e. The third-order valence-electron chi connectivity index (χ3n) is 5.76. The first-order valence-electron chi connectivity index (χ1n) is 9.49. The zero-order valence-corrected chi connectivity index (χ0v) is 16.5. The molecule has 0 aromatic heterocycles. The van der Waals surface area contributed by atoms with Crippen LogP contribution in [0.5, 0.6) is 0 Å². The second-order valence-electron chi connectivity index (χ2n) is 7.45. The van der Waals surface area contributed by atoms with Crippen LogP contribution in [0.4, 0.5) is 4.39 Å². The summed E-state index contributed by atoms with van der Waals surface area (Å²) in [6, 6.07) is 6.12. The van der Waals surface area contributed by atoms with E-state index in [2.05, 4.69) is 10.3 Å². The predicted molar refractivity (Wildman–Crippen MR) is 104 cm³/mol. The summed E-state index contributed by atoms with van der Waals surface area (Å²) in [7, 11) is -1.49. The summed E-state index contributed by atoms with van der Waals surface area (Å²) in [5.74, 6) is 0.209. The Morgan fingerprint density at radius 1 is 1.33 bits per heavy atom. The fraction of sp³-hybridized carbons (Fsp3) is 0.632. The van der Waals surface area contributed by atoms with Crippen molar-refractivity contribution in [2.45, 2.75) is 43.0 Å². The zero-order chi connectivity index (χ0) is 19.5. The Hall–Kier alpha value is -1.67. The molecule has 1 aromatic carbocycles. The Morgan fingerprint density at radius 3 is 2.70 bits per heavy atom. The van der Waals surface area contributed by atoms with Crippen molar-refractivity contribution in [3.63, 3.8) is 0 Å². The summed E-state index contributed by atoms with van der Waals surface area (Å²) < 4.78 is 38.6. The SMILES string of the molecule is CN=C(NCC(O)c1ccccc1F)N1CCS(=O)(=O)C2(CCCCC2)C1. The fourth-order valence-electron chi connectivity index (χ4n) is 4.19. The Kier molecular flexibility index (Phi) is 6.05. The lowest BCUT2D eigenvalue weighted by molar-refractivity contribution is 0.174. The van der Waals surface area contributed by atoms with Gasteiger partial charge in [-0.2, -0.15) is 0 Å². The molecule has 1 aliphatic carbocycles. The van der Waals surface area contributed by atoms with Crippen molar-refractivity contribution in [2.75, 3.05) is 32.4 Å². The molecule has 3 rings (SSSR count). The number of rotatable bonds is 3. The third kappa shape index (κ3) is 4.11. The van der Waals surface area contributed by atoms with Crippen molar-refractivity contribution in [3.8, 4) is 0 Å². The first kappa shape index (κ1) is 20.1. The molecule has 1 aliphatic heterocycles. The van der Waals surface area contributed by atoms with Crippen molar-refractivity contribution in [1.82, 2.24) is 10.2 Å². The minimum Gasteiger partial charge on any atom is -0.386 e. The molecule has 0 amide bonds. The average molecular weight is 398 g/mol. The summed E-state index contributed by atoms with van der Waals surface area (Å²) in [6.07, 6.45) is 3.33. The van der Waals surface area contributed by atoms with Crippen molar-refractivity contribution < 1.29 is 17.9 Å². The van der Waals surface area contributed by atoms with Gasteiger partial charge in [0.05, 0.1) is 16.6 Å². The van der Waals surface area contributed by atoms with Gasteiger partial charge in [0.2, 0.25) is 0 Å². The van der Waals surface area contributed by atoms with Gasteiger partial charge in [0.25, 0.3) is 0 Å². The van der Waals surface area contributed by atoms with Gasteiger partial charge >= 0.3 is 0 Å². The largest absolute Gasteiger partial charge is 0.386 e. The van der Waals surface area contributed by atoms with Crippen molar-refractivity contribution in [3.05, 3.63) is 35.6 Å². The van der Waals surface area contributed by atoms with E-state index in [0.717, 1.165) is 19.3 Å². The number of nitrogens with one attached hydrogen (secondary N) is 1. The molecular formula is C19H28FN3O3S. The number of halogens is 1. The van der Waals surface area contributed by atoms with Gasteiger partial charge in [0.15, 0.2) is 15.8 Å². The first-order valence-corrected chi connectivity index (χ1v) is 11.1. The van der Waals surface area contributed by atoms with Crippen LogP contribution in [0.1, 0.15) is 43.8 Å². The van der Waals surface area contributed by atoms with Crippen LogP contribution in [-0.4, -0.2) is 61.6 Å². The highest BCUT2D eigenvalue weighted by Crippen LogP contribution is 2.38. The van der Waals surface area contributed by atoms with Crippen LogP contribution >= 0.6 is 0 Å². The van der Waals surface area contributed by atoms with Gasteiger partial charge in [-0.25, -0.2) is 12.8 Å². The smallest absolute Gasteiger partial charge is 0.193 e. The van der Waals surface area contributed by atoms with Crippen molar-refractivity contribution >= 4 is 15.8 Å². The number of aliphatic imine (C=N–C) groups is 1. The summed E-state index contributed by atoms with van der Waals surface area (Å²) in [5, 5.41) is 13.4. The number of guanidine groups is 1. The van der Waals surface area contributed by atoms with E-state index in [1.54, 1.807) is 25.2 Å². The van der Waals surface area contributed by atoms with E-state index in [0.29, 0.717) is 31.9 Å². The van der Waals surface area contributed by atoms with E-state index in [9.17, 15) is 17.9 Å². The molecule has 150 valence electrons. The van der Waals surface area contributed by atoms with E-state index in [1.165, 1.54) is 6.07 Å². The summed E-state index contributed by atoms with van der Waals surface area (Å²) in [4.78, 5) is 6.22. The van der Waals surface area contributed by atoms with Gasteiger partial charge in [0, 0.05) is 32.2 Å². The standard InChI is InChI=1S/C19H28FN3O3S/c1-21-18(22-13-17(24)15-7-3-4-8-16(15)20)23-11-12-27(25,26)19(14-23)9-5-2-6-10-19/h3-4,7-8,17,24H,2,5-6,9-14H2,1H3,(H,21,22). The molecule has 1 aromatic rings. The van der Waals surface area contributed by atoms with Gasteiger partial charge in [-0.05, 0) is 18.9 Å². The number of aliphatic hydroxyl groups excluding tert-OH is 1. The van der Waals surface area contributed by atoms with Gasteiger partial charge < -0.3 is 15.3 Å². The van der Waals surface area contributed by atoms with E-state index in [1.807, 2.05) is 4.90 Å². The molecule has 6 nitrogen and oxygen atoms in total. The third-order valence-corrected chi connectivity index (χ3v) is 8.34. The van der Waals surface area contributed by atoms with E-state index in [4.69, 9.17) is 0 Å². The number of aliphatic hydroxyl groups is 1. The second-order valence-corrected chi connectivity index (χ2v) is 9.95. The maximum absolute atomic E-state index is 13.8. The number of sulfone groups is 1. The topological polar surface area (TPSA) is 82.0 Å². The van der Waals surface area contributed by atoms with Crippen LogP contribution in [-0.2, 0) is 9.84 Å². The number of nitrogens with zero attached hydrogens (tertiary/aromatic N) is 2. The Morgan fingerprint density at radius 2 is 2.04 bits per heavy atom. The van der Waals surface area contributed by atoms with Crippen LogP contribution in [0, 0.1) is 5.82 Å². The fourth-order valence-corrected chi connectivity index (χ4v) is 6.35. The van der Waals surface area contributed by atoms with Gasteiger partial charge in [-0.3, -0.25) is 4.99 Å². The lowest BCUT2D eigenvalue weighted by Gasteiger charge is -2.45. The molecule has 2 fully saturated rings. The molecule has 0 radical (unpaired) electrons. The van der Waals surface area contributed by atoms with E-state index < -0.39 is 26.5 Å². The van der Waals surface area contributed by atoms with Gasteiger partial charge in [-0.15, -0.1) is 0 Å². The Labute approximate surface area is 160 Å². The number of benzene rings is 1. The van der Waals surface area contributed by atoms with Crippen molar-refractivity contribution in [1.29, 1.82) is 0 Å². The minimum absolute atomic E-state index is 0.101. The van der Waals surface area contributed by atoms with Crippen molar-refractivity contribution in [2.24, 2.45) is 4.99 Å². The monoisotopic (exact) mass is 397 g/mol. The predicted octanol–water partition coefficient (Wildman–Crippen LogP) is 1.87. The quantitative estimate of drug-likeness (QED) is 0.601. The van der Waals surface area contributed by atoms with Crippen LogP contribution < -0.4 is 5.32 Å². The highest BCUT2D eigenvalue weighted by molar-refractivity contribution is 7.92. The summed E-state index contributed by atoms with van der Waals surface area (Å²) in [5.41, 5.74) is 0.227. The zero-order valence-electron chi connectivity index (χ0n) is 15.7. The summed E-state index contributed by atoms with van der Waals surface area (Å²) in [6.45, 7) is 0.897. The van der Waals surface area contributed by atoms with E-state index >= 15 is 0 Å². The molecule has 2 N–H and O–H groups in total. The van der Waals surface area contributed by atoms with Gasteiger partial charge in [-0.1, -0.05) is 37.5 Å². The molecule has 27 heavy (non-hydrogen) atoms. The van der Waals surface area contributed by atoms with Crippen LogP contribution in [0.25, 0.3) is 0 Å². The maximum atomic E-state index is 13.8. The normalized spacial score (nSPS) is 23.2. The number of hydrogen-bond donors (Lipinski definition) is 2. The highest BCUT2D eigenvalue weighted by atomic mass is 32.2. The van der Waals surface area contributed by atoms with Crippen LogP contribution in [0.15, 0.2) is 29.3 Å². The molecule has 0 bridgehead atoms. The van der Waals surface area contributed by atoms with Crippen LogP contribution in [0.2, 0.25) is 0 Å². The minimum atomic E-state index is -3.12. The average Bonchev–Trinajstić information content (AvgIpc) is 2.66. The molecule has 1 heterocycles. The van der Waals surface area contributed by atoms with Crippen LogP contribution in [0.3, 0.4) is 0 Å². The Bertz CT molecular complexity index is 791. The molecule has 8 heteroatoms. The molecule has 2 aliphatic rings. The second kappa shape index (κ2) is 8.14. The number of hydrogen-bond acceptors (Lipinski definition) is 4. The van der Waals surface area contributed by atoms with E-state index in [-0.39, 0.29) is 17.9 Å². The molecule has 1 saturated heterocycles. The molecule has 1 unspecified atom stereocenters. The lowest BCUT2D eigenvalue weighted by atomic mass is 9.87. The first-order chi connectivity index (χ1) is 12.9.